The Labute approximate surface area is 91.8 Å². The second-order valence-electron chi connectivity index (χ2n) is 4.45. The molecule has 1 aromatic rings. The van der Waals surface area contributed by atoms with Gasteiger partial charge >= 0.3 is 0 Å². The normalized spacial score (nSPS) is 14.1. The molecule has 1 heterocycles. The van der Waals surface area contributed by atoms with Crippen molar-refractivity contribution in [1.29, 1.82) is 0 Å². The van der Waals surface area contributed by atoms with Gasteiger partial charge in [-0.25, -0.2) is 0 Å². The number of hydrogen-bond acceptors (Lipinski definition) is 2. The van der Waals surface area contributed by atoms with Crippen LogP contribution in [-0.2, 0) is 0 Å². The smallest absolute Gasteiger partial charge is 0.252 e. The topological polar surface area (TPSA) is 58.9 Å². The second-order valence-corrected chi connectivity index (χ2v) is 5.36. The molecular formula is C10H15BrN2O. The molecule has 0 fully saturated rings. The monoisotopic (exact) mass is 258 g/mol. The van der Waals surface area contributed by atoms with Gasteiger partial charge in [0.1, 0.15) is 0 Å². The molecule has 3 nitrogen and oxygen atoms in total. The maximum Gasteiger partial charge on any atom is 0.252 e. The Morgan fingerprint density at radius 1 is 1.50 bits per heavy atom. The fourth-order valence-electron chi connectivity index (χ4n) is 1.17. The van der Waals surface area contributed by atoms with Crippen LogP contribution in [0.5, 0.6) is 0 Å². The Bertz CT molecular complexity index is 378. The molecule has 0 radical (unpaired) electrons. The molecule has 0 amide bonds. The summed E-state index contributed by atoms with van der Waals surface area (Å²) in [6, 6.07) is 1.51. The minimum absolute atomic E-state index is 0.115. The minimum atomic E-state index is -0.260. The summed E-state index contributed by atoms with van der Waals surface area (Å²) in [5.74, 6) is 0. The molecule has 0 aliphatic carbocycles. The van der Waals surface area contributed by atoms with Crippen molar-refractivity contribution < 1.29 is 0 Å². The van der Waals surface area contributed by atoms with Crippen LogP contribution in [0.1, 0.15) is 32.4 Å². The van der Waals surface area contributed by atoms with Crippen molar-refractivity contribution >= 4 is 15.9 Å². The highest BCUT2D eigenvalue weighted by molar-refractivity contribution is 9.10. The lowest BCUT2D eigenvalue weighted by Crippen LogP contribution is -2.31. The van der Waals surface area contributed by atoms with Gasteiger partial charge in [0.05, 0.1) is 0 Å². The summed E-state index contributed by atoms with van der Waals surface area (Å²) < 4.78 is 0.840. The second kappa shape index (κ2) is 3.87. The molecule has 0 saturated heterocycles. The van der Waals surface area contributed by atoms with Gasteiger partial charge in [-0.15, -0.1) is 0 Å². The number of nitrogens with one attached hydrogen (secondary N) is 1. The highest BCUT2D eigenvalue weighted by Gasteiger charge is 2.24. The summed E-state index contributed by atoms with van der Waals surface area (Å²) in [6.45, 7) is 6.04. The molecule has 1 atom stereocenters. The summed E-state index contributed by atoms with van der Waals surface area (Å²) in [6.07, 6.45) is 1.61. The van der Waals surface area contributed by atoms with Crippen LogP contribution in [0, 0.1) is 5.41 Å². The van der Waals surface area contributed by atoms with Crippen LogP contribution in [0.15, 0.2) is 21.5 Å². The zero-order valence-electron chi connectivity index (χ0n) is 8.60. The number of halogens is 1. The number of aromatic amines is 1. The zero-order valence-corrected chi connectivity index (χ0v) is 10.2. The molecule has 1 unspecified atom stereocenters. The van der Waals surface area contributed by atoms with E-state index >= 15 is 0 Å². The number of H-pyrrole nitrogens is 1. The van der Waals surface area contributed by atoms with Crippen molar-refractivity contribution in [3.05, 3.63) is 32.7 Å². The maximum atomic E-state index is 11.5. The largest absolute Gasteiger partial charge is 0.328 e. The molecule has 0 spiro atoms. The summed E-state index contributed by atoms with van der Waals surface area (Å²) in [5, 5.41) is 0. The first-order valence-corrected chi connectivity index (χ1v) is 5.25. The highest BCUT2D eigenvalue weighted by atomic mass is 79.9. The number of rotatable bonds is 1. The molecule has 1 rings (SSSR count). The van der Waals surface area contributed by atoms with Crippen LogP contribution < -0.4 is 11.3 Å². The lowest BCUT2D eigenvalue weighted by Gasteiger charge is -2.26. The summed E-state index contributed by atoms with van der Waals surface area (Å²) in [4.78, 5) is 14.1. The SMILES string of the molecule is CC(C)(C)C(N)c1cc(Br)c[nH]c1=O. The molecule has 14 heavy (non-hydrogen) atoms. The van der Waals surface area contributed by atoms with Gasteiger partial charge in [-0.3, -0.25) is 4.79 Å². The average molecular weight is 259 g/mol. The summed E-state index contributed by atoms with van der Waals surface area (Å²) in [7, 11) is 0. The van der Waals surface area contributed by atoms with Crippen LogP contribution in [0.2, 0.25) is 0 Å². The van der Waals surface area contributed by atoms with Gasteiger partial charge in [-0.2, -0.15) is 0 Å². The van der Waals surface area contributed by atoms with E-state index < -0.39 is 0 Å². The van der Waals surface area contributed by atoms with Crippen molar-refractivity contribution in [2.24, 2.45) is 11.1 Å². The minimum Gasteiger partial charge on any atom is -0.328 e. The predicted octanol–water partition coefficient (Wildman–Crippen LogP) is 2.18. The molecule has 0 aliphatic rings. The fraction of sp³-hybridized carbons (Fsp3) is 0.500. The Balaban J connectivity index is 3.19. The molecule has 0 bridgehead atoms. The molecule has 1 aromatic heterocycles. The van der Waals surface area contributed by atoms with Crippen LogP contribution in [0.25, 0.3) is 0 Å². The van der Waals surface area contributed by atoms with E-state index in [-0.39, 0.29) is 17.0 Å². The van der Waals surface area contributed by atoms with E-state index in [2.05, 4.69) is 20.9 Å². The van der Waals surface area contributed by atoms with E-state index in [4.69, 9.17) is 5.73 Å². The van der Waals surface area contributed by atoms with Crippen LogP contribution in [0.3, 0.4) is 0 Å². The third kappa shape index (κ3) is 2.45. The van der Waals surface area contributed by atoms with Crippen LogP contribution in [0.4, 0.5) is 0 Å². The first-order chi connectivity index (χ1) is 6.32. The van der Waals surface area contributed by atoms with Crippen LogP contribution >= 0.6 is 15.9 Å². The summed E-state index contributed by atoms with van der Waals surface area (Å²) in [5.41, 5.74) is 6.39. The third-order valence-corrected chi connectivity index (χ3v) is 2.62. The van der Waals surface area contributed by atoms with Gasteiger partial charge in [-0.05, 0) is 27.4 Å². The van der Waals surface area contributed by atoms with Crippen molar-refractivity contribution in [2.75, 3.05) is 0 Å². The standard InChI is InChI=1S/C10H15BrN2O/c1-10(2,3)8(12)7-4-6(11)5-13-9(7)14/h4-5,8H,12H2,1-3H3,(H,13,14). The van der Waals surface area contributed by atoms with Gasteiger partial charge in [0.25, 0.3) is 5.56 Å². The number of nitrogens with two attached hydrogens (primary N) is 1. The molecule has 3 N–H and O–H groups in total. The Hall–Kier alpha value is -0.610. The van der Waals surface area contributed by atoms with E-state index in [9.17, 15) is 4.79 Å². The molecule has 78 valence electrons. The highest BCUT2D eigenvalue weighted by Crippen LogP contribution is 2.29. The Kier molecular flexibility index (Phi) is 3.17. The van der Waals surface area contributed by atoms with Gasteiger partial charge < -0.3 is 10.7 Å². The van der Waals surface area contributed by atoms with E-state index in [1.54, 1.807) is 12.3 Å². The Morgan fingerprint density at radius 3 is 2.57 bits per heavy atom. The summed E-state index contributed by atoms with van der Waals surface area (Å²) >= 11 is 3.31. The van der Waals surface area contributed by atoms with Crippen molar-refractivity contribution in [3.63, 3.8) is 0 Å². The van der Waals surface area contributed by atoms with E-state index in [0.717, 1.165) is 4.47 Å². The third-order valence-electron chi connectivity index (χ3n) is 2.16. The lowest BCUT2D eigenvalue weighted by atomic mass is 9.83. The van der Waals surface area contributed by atoms with Crippen molar-refractivity contribution in [3.8, 4) is 0 Å². The van der Waals surface area contributed by atoms with Gasteiger partial charge in [0, 0.05) is 22.3 Å². The molecule has 0 aliphatic heterocycles. The van der Waals surface area contributed by atoms with Crippen molar-refractivity contribution in [1.82, 2.24) is 4.98 Å². The number of aromatic nitrogens is 1. The fourth-order valence-corrected chi connectivity index (χ4v) is 1.53. The maximum absolute atomic E-state index is 11.5. The van der Waals surface area contributed by atoms with E-state index in [1.165, 1.54) is 0 Å². The average Bonchev–Trinajstić information content (AvgIpc) is 2.06. The van der Waals surface area contributed by atoms with E-state index in [1.807, 2.05) is 20.8 Å². The van der Waals surface area contributed by atoms with Crippen molar-refractivity contribution in [2.45, 2.75) is 26.8 Å². The lowest BCUT2D eigenvalue weighted by molar-refractivity contribution is 0.325. The van der Waals surface area contributed by atoms with Gasteiger partial charge in [0.2, 0.25) is 0 Å². The zero-order chi connectivity index (χ0) is 10.9. The van der Waals surface area contributed by atoms with Gasteiger partial charge in [0.15, 0.2) is 0 Å². The molecule has 0 aromatic carbocycles. The predicted molar refractivity (Wildman–Crippen MR) is 61.1 cm³/mol. The molecular weight excluding hydrogens is 244 g/mol. The van der Waals surface area contributed by atoms with Crippen LogP contribution in [-0.4, -0.2) is 4.98 Å². The van der Waals surface area contributed by atoms with E-state index in [0.29, 0.717) is 5.56 Å². The first-order valence-electron chi connectivity index (χ1n) is 4.46. The molecule has 4 heteroatoms. The number of pyridine rings is 1. The van der Waals surface area contributed by atoms with Gasteiger partial charge in [-0.1, -0.05) is 20.8 Å². The first kappa shape index (κ1) is 11.5. The number of hydrogen-bond donors (Lipinski definition) is 2. The molecule has 0 saturated carbocycles. The Morgan fingerprint density at radius 2 is 2.07 bits per heavy atom. The quantitative estimate of drug-likeness (QED) is 0.812.